The zero-order valence-corrected chi connectivity index (χ0v) is 15.4. The molecule has 1 aromatic heterocycles. The third kappa shape index (κ3) is 4.30. The highest BCUT2D eigenvalue weighted by molar-refractivity contribution is 5.98. The molecule has 1 amide bonds. The smallest absolute Gasteiger partial charge is 0.379 e. The number of amides is 1. The van der Waals surface area contributed by atoms with Gasteiger partial charge in [-0.25, -0.2) is 0 Å². The standard InChI is InChI=1S/C19H23F3N4O2/c1-11-4-2-3-5-15(11)26-10-14(17(23)28)18(25-26)24-13-8-6-12(7-9-13)16(27)19(20,21)22/h6-11,15-16,27H,2-5H2,1H3,(H2,23,28)(H,24,25). The van der Waals surface area contributed by atoms with E-state index in [1.165, 1.54) is 30.7 Å². The van der Waals surface area contributed by atoms with Gasteiger partial charge in [-0.3, -0.25) is 9.48 Å². The lowest BCUT2D eigenvalue weighted by Gasteiger charge is -2.28. The lowest BCUT2D eigenvalue weighted by atomic mass is 9.86. The van der Waals surface area contributed by atoms with Crippen molar-refractivity contribution in [3.8, 4) is 0 Å². The monoisotopic (exact) mass is 396 g/mol. The minimum atomic E-state index is -4.73. The summed E-state index contributed by atoms with van der Waals surface area (Å²) >= 11 is 0. The molecule has 1 aliphatic rings. The second-order valence-electron chi connectivity index (χ2n) is 7.26. The van der Waals surface area contributed by atoms with Crippen LogP contribution < -0.4 is 11.1 Å². The van der Waals surface area contributed by atoms with Gasteiger partial charge in [0.2, 0.25) is 0 Å². The Morgan fingerprint density at radius 1 is 1.29 bits per heavy atom. The molecular weight excluding hydrogens is 373 g/mol. The number of halogens is 3. The van der Waals surface area contributed by atoms with Crippen LogP contribution in [-0.2, 0) is 0 Å². The highest BCUT2D eigenvalue weighted by atomic mass is 19.4. The Kier molecular flexibility index (Phi) is 5.64. The highest BCUT2D eigenvalue weighted by Crippen LogP contribution is 2.35. The number of alkyl halides is 3. The maximum atomic E-state index is 12.6. The summed E-state index contributed by atoms with van der Waals surface area (Å²) in [4.78, 5) is 11.8. The molecule has 6 nitrogen and oxygen atoms in total. The molecule has 3 unspecified atom stereocenters. The number of aliphatic hydroxyl groups excluding tert-OH is 1. The summed E-state index contributed by atoms with van der Waals surface area (Å²) in [5.41, 5.74) is 5.85. The first-order chi connectivity index (χ1) is 13.2. The van der Waals surface area contributed by atoms with Gasteiger partial charge >= 0.3 is 6.18 Å². The number of aliphatic hydroxyl groups is 1. The molecule has 0 saturated heterocycles. The maximum Gasteiger partial charge on any atom is 0.418 e. The summed E-state index contributed by atoms with van der Waals surface area (Å²) in [7, 11) is 0. The molecule has 3 atom stereocenters. The molecule has 1 heterocycles. The Morgan fingerprint density at radius 2 is 1.93 bits per heavy atom. The molecule has 0 bridgehead atoms. The van der Waals surface area contributed by atoms with Crippen LogP contribution in [0.4, 0.5) is 24.7 Å². The van der Waals surface area contributed by atoms with Crippen molar-refractivity contribution < 1.29 is 23.1 Å². The van der Waals surface area contributed by atoms with Crippen molar-refractivity contribution in [2.75, 3.05) is 5.32 Å². The van der Waals surface area contributed by atoms with Gasteiger partial charge in [0.1, 0.15) is 5.56 Å². The average Bonchev–Trinajstić information content (AvgIpc) is 3.05. The number of benzene rings is 1. The summed E-state index contributed by atoms with van der Waals surface area (Å²) in [6.45, 7) is 2.15. The largest absolute Gasteiger partial charge is 0.418 e. The topological polar surface area (TPSA) is 93.2 Å². The van der Waals surface area contributed by atoms with Gasteiger partial charge in [-0.2, -0.15) is 18.3 Å². The zero-order chi connectivity index (χ0) is 20.5. The van der Waals surface area contributed by atoms with Crippen LogP contribution in [0.3, 0.4) is 0 Å². The first kappa shape index (κ1) is 20.2. The summed E-state index contributed by atoms with van der Waals surface area (Å²) in [5.74, 6) is 0.0427. The average molecular weight is 396 g/mol. The Labute approximate surface area is 160 Å². The van der Waals surface area contributed by atoms with E-state index in [4.69, 9.17) is 5.73 Å². The molecule has 1 fully saturated rings. The van der Waals surface area contributed by atoms with E-state index in [9.17, 15) is 23.1 Å². The van der Waals surface area contributed by atoms with Crippen molar-refractivity contribution in [2.45, 2.75) is 50.9 Å². The van der Waals surface area contributed by atoms with E-state index in [1.54, 1.807) is 10.9 Å². The van der Waals surface area contributed by atoms with Crippen LogP contribution >= 0.6 is 0 Å². The number of carbonyl (C=O) groups excluding carboxylic acids is 1. The van der Waals surface area contributed by atoms with E-state index >= 15 is 0 Å². The Morgan fingerprint density at radius 3 is 2.50 bits per heavy atom. The van der Waals surface area contributed by atoms with Crippen molar-refractivity contribution in [3.63, 3.8) is 0 Å². The van der Waals surface area contributed by atoms with Gasteiger partial charge in [0.15, 0.2) is 11.9 Å². The van der Waals surface area contributed by atoms with E-state index in [-0.39, 0.29) is 23.0 Å². The quantitative estimate of drug-likeness (QED) is 0.710. The highest BCUT2D eigenvalue weighted by Gasteiger charge is 2.39. The first-order valence-electron chi connectivity index (χ1n) is 9.17. The van der Waals surface area contributed by atoms with E-state index < -0.39 is 18.2 Å². The van der Waals surface area contributed by atoms with Crippen LogP contribution in [0.1, 0.15) is 60.7 Å². The molecular formula is C19H23F3N4O2. The molecule has 9 heteroatoms. The molecule has 1 aromatic carbocycles. The second-order valence-corrected chi connectivity index (χ2v) is 7.26. The third-order valence-corrected chi connectivity index (χ3v) is 5.20. The molecule has 0 spiro atoms. The van der Waals surface area contributed by atoms with Crippen molar-refractivity contribution in [3.05, 3.63) is 41.6 Å². The van der Waals surface area contributed by atoms with E-state index in [2.05, 4.69) is 17.3 Å². The van der Waals surface area contributed by atoms with Crippen molar-refractivity contribution >= 4 is 17.4 Å². The van der Waals surface area contributed by atoms with E-state index in [0.717, 1.165) is 19.3 Å². The number of hydrogen-bond acceptors (Lipinski definition) is 4. The number of nitrogens with one attached hydrogen (secondary N) is 1. The number of nitrogens with two attached hydrogens (primary N) is 1. The van der Waals surface area contributed by atoms with Gasteiger partial charge in [-0.15, -0.1) is 0 Å². The van der Waals surface area contributed by atoms with Gasteiger partial charge in [-0.1, -0.05) is 31.9 Å². The number of anilines is 2. The second kappa shape index (κ2) is 7.83. The van der Waals surface area contributed by atoms with Crippen molar-refractivity contribution in [1.82, 2.24) is 9.78 Å². The Hall–Kier alpha value is -2.55. The van der Waals surface area contributed by atoms with Gasteiger partial charge in [-0.05, 0) is 36.5 Å². The number of carbonyl (C=O) groups is 1. The molecule has 1 saturated carbocycles. The predicted octanol–water partition coefficient (Wildman–Crippen LogP) is 4.07. The van der Waals surface area contributed by atoms with Crippen LogP contribution in [0.2, 0.25) is 0 Å². The van der Waals surface area contributed by atoms with Gasteiger partial charge in [0, 0.05) is 11.9 Å². The molecule has 0 aliphatic heterocycles. The van der Waals surface area contributed by atoms with Crippen LogP contribution in [0.25, 0.3) is 0 Å². The predicted molar refractivity (Wildman–Crippen MR) is 98.2 cm³/mol. The fraction of sp³-hybridized carbons (Fsp3) is 0.474. The molecule has 1 aliphatic carbocycles. The summed E-state index contributed by atoms with van der Waals surface area (Å²) in [6, 6.07) is 5.29. The minimum absolute atomic E-state index is 0.173. The normalized spacial score (nSPS) is 21.3. The Bertz CT molecular complexity index is 833. The van der Waals surface area contributed by atoms with Gasteiger partial charge < -0.3 is 16.2 Å². The number of hydrogen-bond donors (Lipinski definition) is 3. The molecule has 4 N–H and O–H groups in total. The molecule has 28 heavy (non-hydrogen) atoms. The number of primary amides is 1. The molecule has 2 aromatic rings. The number of nitrogens with zero attached hydrogens (tertiary/aromatic N) is 2. The summed E-state index contributed by atoms with van der Waals surface area (Å²) in [6.07, 6.45) is -1.35. The zero-order valence-electron chi connectivity index (χ0n) is 15.4. The van der Waals surface area contributed by atoms with E-state index in [1.807, 2.05) is 0 Å². The fourth-order valence-electron chi connectivity index (χ4n) is 3.60. The lowest BCUT2D eigenvalue weighted by Crippen LogP contribution is -2.21. The molecule has 3 rings (SSSR count). The first-order valence-corrected chi connectivity index (χ1v) is 9.17. The van der Waals surface area contributed by atoms with Crippen molar-refractivity contribution in [1.29, 1.82) is 0 Å². The summed E-state index contributed by atoms with van der Waals surface area (Å²) < 4.78 is 39.6. The molecule has 0 radical (unpaired) electrons. The van der Waals surface area contributed by atoms with Crippen LogP contribution in [-0.4, -0.2) is 27.0 Å². The number of aromatic nitrogens is 2. The summed E-state index contributed by atoms with van der Waals surface area (Å²) in [5, 5.41) is 16.7. The fourth-order valence-corrected chi connectivity index (χ4v) is 3.60. The minimum Gasteiger partial charge on any atom is -0.379 e. The van der Waals surface area contributed by atoms with Crippen LogP contribution in [0, 0.1) is 5.92 Å². The van der Waals surface area contributed by atoms with Crippen LogP contribution in [0.15, 0.2) is 30.5 Å². The van der Waals surface area contributed by atoms with Crippen molar-refractivity contribution in [2.24, 2.45) is 11.7 Å². The third-order valence-electron chi connectivity index (χ3n) is 5.20. The Balaban J connectivity index is 1.82. The maximum absolute atomic E-state index is 12.6. The van der Waals surface area contributed by atoms with Gasteiger partial charge in [0.05, 0.1) is 6.04 Å². The SMILES string of the molecule is CC1CCCCC1n1cc(C(N)=O)c(Nc2ccc(C(O)C(F)(F)F)cc2)n1. The lowest BCUT2D eigenvalue weighted by molar-refractivity contribution is -0.206. The van der Waals surface area contributed by atoms with E-state index in [0.29, 0.717) is 11.6 Å². The number of rotatable bonds is 5. The van der Waals surface area contributed by atoms with Gasteiger partial charge in [0.25, 0.3) is 5.91 Å². The molecule has 152 valence electrons. The van der Waals surface area contributed by atoms with Crippen LogP contribution in [0.5, 0.6) is 0 Å².